The average molecular weight is 390 g/mol. The number of ketones is 1. The zero-order valence-corrected chi connectivity index (χ0v) is 16.6. The number of aryl methyl sites for hydroxylation is 1. The largest absolute Gasteiger partial charge is 0.496 e. The van der Waals surface area contributed by atoms with E-state index < -0.39 is 0 Å². The van der Waals surface area contributed by atoms with Gasteiger partial charge in [-0.1, -0.05) is 18.2 Å². The van der Waals surface area contributed by atoms with Crippen molar-refractivity contribution in [2.45, 2.75) is 25.7 Å². The van der Waals surface area contributed by atoms with Crippen LogP contribution in [0, 0.1) is 6.92 Å². The van der Waals surface area contributed by atoms with Crippen molar-refractivity contribution in [3.05, 3.63) is 58.9 Å². The fourth-order valence-corrected chi connectivity index (χ4v) is 4.05. The Bertz CT molecular complexity index is 1100. The van der Waals surface area contributed by atoms with Gasteiger partial charge in [0.2, 0.25) is 11.8 Å². The van der Waals surface area contributed by atoms with E-state index in [0.717, 1.165) is 16.8 Å². The summed E-state index contributed by atoms with van der Waals surface area (Å²) in [5.41, 5.74) is 10.3. The van der Waals surface area contributed by atoms with Crippen LogP contribution in [0.3, 0.4) is 0 Å². The summed E-state index contributed by atoms with van der Waals surface area (Å²) in [5, 5.41) is 0. The van der Waals surface area contributed by atoms with Gasteiger partial charge in [0.25, 0.3) is 0 Å². The van der Waals surface area contributed by atoms with E-state index in [1.54, 1.807) is 27.2 Å². The van der Waals surface area contributed by atoms with Crippen molar-refractivity contribution in [1.82, 2.24) is 15.0 Å². The number of benzene rings is 1. The summed E-state index contributed by atoms with van der Waals surface area (Å²) < 4.78 is 10.9. The van der Waals surface area contributed by atoms with Crippen LogP contribution in [0.15, 0.2) is 36.4 Å². The first-order chi connectivity index (χ1) is 14.0. The number of hydrogen-bond acceptors (Lipinski definition) is 7. The van der Waals surface area contributed by atoms with Crippen molar-refractivity contribution in [2.75, 3.05) is 20.0 Å². The van der Waals surface area contributed by atoms with Crippen LogP contribution in [0.2, 0.25) is 0 Å². The number of anilines is 1. The van der Waals surface area contributed by atoms with Crippen molar-refractivity contribution >= 4 is 11.7 Å². The van der Waals surface area contributed by atoms with E-state index in [-0.39, 0.29) is 17.6 Å². The minimum atomic E-state index is -0.108. The molecule has 0 radical (unpaired) electrons. The van der Waals surface area contributed by atoms with Gasteiger partial charge in [-0.05, 0) is 25.5 Å². The number of ether oxygens (including phenoxy) is 2. The molecule has 7 heteroatoms. The van der Waals surface area contributed by atoms with E-state index in [1.165, 1.54) is 0 Å². The summed E-state index contributed by atoms with van der Waals surface area (Å²) in [5.74, 6) is 1.33. The lowest BCUT2D eigenvalue weighted by Crippen LogP contribution is -2.23. The molecule has 7 nitrogen and oxygen atoms in total. The van der Waals surface area contributed by atoms with E-state index in [4.69, 9.17) is 15.2 Å². The van der Waals surface area contributed by atoms with Crippen LogP contribution in [0.5, 0.6) is 11.6 Å². The molecule has 29 heavy (non-hydrogen) atoms. The number of carbonyl (C=O) groups excluding carboxylic acids is 1. The van der Waals surface area contributed by atoms with Crippen LogP contribution in [0.4, 0.5) is 5.95 Å². The Balaban J connectivity index is 1.85. The number of methoxy groups -OCH3 is 2. The summed E-state index contributed by atoms with van der Waals surface area (Å²) in [4.78, 5) is 26.0. The van der Waals surface area contributed by atoms with Crippen LogP contribution >= 0.6 is 0 Å². The fraction of sp³-hybridized carbons (Fsp3) is 0.273. The minimum absolute atomic E-state index is 0.0178. The number of nitrogens with zero attached hydrogens (tertiary/aromatic N) is 3. The van der Waals surface area contributed by atoms with Crippen molar-refractivity contribution in [2.24, 2.45) is 0 Å². The fourth-order valence-electron chi connectivity index (χ4n) is 4.05. The van der Waals surface area contributed by atoms with Crippen molar-refractivity contribution in [1.29, 1.82) is 0 Å². The van der Waals surface area contributed by atoms with Gasteiger partial charge in [0.15, 0.2) is 5.78 Å². The number of nitrogen functional groups attached to an aromatic ring is 1. The third-order valence-electron chi connectivity index (χ3n) is 5.24. The van der Waals surface area contributed by atoms with Crippen LogP contribution in [0.25, 0.3) is 11.3 Å². The van der Waals surface area contributed by atoms with Gasteiger partial charge in [-0.25, -0.2) is 15.0 Å². The maximum absolute atomic E-state index is 13.0. The molecule has 1 atom stereocenters. The third-order valence-corrected chi connectivity index (χ3v) is 5.24. The molecule has 0 spiro atoms. The molecule has 4 rings (SSSR count). The van der Waals surface area contributed by atoms with Crippen LogP contribution in [-0.4, -0.2) is 35.0 Å². The topological polar surface area (TPSA) is 100 Å². The number of carbonyl (C=O) groups is 1. The maximum Gasteiger partial charge on any atom is 0.220 e. The molecule has 0 fully saturated rings. The Morgan fingerprint density at radius 3 is 2.55 bits per heavy atom. The maximum atomic E-state index is 13.0. The Morgan fingerprint density at radius 2 is 1.79 bits per heavy atom. The Morgan fingerprint density at radius 1 is 1.00 bits per heavy atom. The molecule has 0 saturated heterocycles. The SMILES string of the molecule is COc1cccc(-c2cccc(OC)c2C2CC(=O)c3c(C)nc(N)nc3C2)n1. The monoisotopic (exact) mass is 390 g/mol. The Labute approximate surface area is 168 Å². The predicted molar refractivity (Wildman–Crippen MR) is 109 cm³/mol. The quantitative estimate of drug-likeness (QED) is 0.729. The highest BCUT2D eigenvalue weighted by atomic mass is 16.5. The standard InChI is InChI=1S/C22H22N4O3/c1-12-20-16(26-22(23)24-12)10-13(11-17(20)27)21-14(6-4-8-18(21)28-2)15-7-5-9-19(25-15)29-3/h4-9,13H,10-11H2,1-3H3,(H2,23,24,26). The van der Waals surface area contributed by atoms with Crippen molar-refractivity contribution < 1.29 is 14.3 Å². The molecular formula is C22H22N4O3. The highest BCUT2D eigenvalue weighted by molar-refractivity contribution is 6.00. The molecule has 1 aliphatic rings. The highest BCUT2D eigenvalue weighted by Crippen LogP contribution is 2.42. The zero-order valence-electron chi connectivity index (χ0n) is 16.6. The summed E-state index contributed by atoms with van der Waals surface area (Å²) in [7, 11) is 3.21. The second-order valence-corrected chi connectivity index (χ2v) is 7.00. The molecule has 0 bridgehead atoms. The molecule has 148 valence electrons. The van der Waals surface area contributed by atoms with Gasteiger partial charge in [-0.3, -0.25) is 4.79 Å². The summed E-state index contributed by atoms with van der Waals surface area (Å²) in [6.45, 7) is 1.80. The summed E-state index contributed by atoms with van der Waals surface area (Å²) in [6, 6.07) is 11.4. The third kappa shape index (κ3) is 3.40. The Kier molecular flexibility index (Phi) is 4.88. The normalized spacial score (nSPS) is 15.7. The first-order valence-corrected chi connectivity index (χ1v) is 9.36. The molecule has 2 N–H and O–H groups in total. The Hall–Kier alpha value is -3.48. The lowest BCUT2D eigenvalue weighted by atomic mass is 9.78. The second-order valence-electron chi connectivity index (χ2n) is 7.00. The van der Waals surface area contributed by atoms with Gasteiger partial charge < -0.3 is 15.2 Å². The zero-order chi connectivity index (χ0) is 20.5. The molecule has 0 aliphatic heterocycles. The molecular weight excluding hydrogens is 368 g/mol. The van der Waals surface area contributed by atoms with Gasteiger partial charge in [0, 0.05) is 29.5 Å². The number of aromatic nitrogens is 3. The summed E-state index contributed by atoms with van der Waals surface area (Å²) >= 11 is 0. The van der Waals surface area contributed by atoms with Gasteiger partial charge in [-0.2, -0.15) is 0 Å². The van der Waals surface area contributed by atoms with E-state index >= 15 is 0 Å². The minimum Gasteiger partial charge on any atom is -0.496 e. The number of fused-ring (bicyclic) bond motifs is 1. The predicted octanol–water partition coefficient (Wildman–Crippen LogP) is 3.36. The number of rotatable bonds is 4. The molecule has 1 aliphatic carbocycles. The van der Waals surface area contributed by atoms with Crippen LogP contribution in [-0.2, 0) is 6.42 Å². The summed E-state index contributed by atoms with van der Waals surface area (Å²) in [6.07, 6.45) is 0.921. The molecule has 1 unspecified atom stereocenters. The van der Waals surface area contributed by atoms with Crippen LogP contribution in [0.1, 0.15) is 39.6 Å². The van der Waals surface area contributed by atoms with Crippen molar-refractivity contribution in [3.8, 4) is 22.9 Å². The smallest absolute Gasteiger partial charge is 0.220 e. The molecule has 2 aromatic heterocycles. The first kappa shape index (κ1) is 18.9. The van der Waals surface area contributed by atoms with Gasteiger partial charge in [0.1, 0.15) is 5.75 Å². The van der Waals surface area contributed by atoms with E-state index in [9.17, 15) is 4.79 Å². The van der Waals surface area contributed by atoms with Crippen LogP contribution < -0.4 is 15.2 Å². The lowest BCUT2D eigenvalue weighted by Gasteiger charge is -2.27. The number of hydrogen-bond donors (Lipinski definition) is 1. The molecule has 2 heterocycles. The van der Waals surface area contributed by atoms with Gasteiger partial charge >= 0.3 is 0 Å². The number of Topliss-reactive ketones (excluding diaryl/α,β-unsaturated/α-hetero) is 1. The van der Waals surface area contributed by atoms with E-state index in [0.29, 0.717) is 41.4 Å². The highest BCUT2D eigenvalue weighted by Gasteiger charge is 2.33. The average Bonchev–Trinajstić information content (AvgIpc) is 2.72. The van der Waals surface area contributed by atoms with Gasteiger partial charge in [0.05, 0.1) is 36.9 Å². The van der Waals surface area contributed by atoms with Gasteiger partial charge in [-0.15, -0.1) is 0 Å². The molecule has 0 saturated carbocycles. The second kappa shape index (κ2) is 7.50. The molecule has 1 aromatic carbocycles. The number of pyridine rings is 1. The van der Waals surface area contributed by atoms with E-state index in [2.05, 4.69) is 15.0 Å². The number of nitrogens with two attached hydrogens (primary N) is 1. The molecule has 0 amide bonds. The first-order valence-electron chi connectivity index (χ1n) is 9.36. The molecule has 3 aromatic rings. The van der Waals surface area contributed by atoms with Crippen molar-refractivity contribution in [3.63, 3.8) is 0 Å². The lowest BCUT2D eigenvalue weighted by molar-refractivity contribution is 0.0961. The van der Waals surface area contributed by atoms with E-state index in [1.807, 2.05) is 30.3 Å².